The molecule has 3 nitrogen and oxygen atoms in total. The Morgan fingerprint density at radius 3 is 2.65 bits per heavy atom. The summed E-state index contributed by atoms with van der Waals surface area (Å²) in [6.45, 7) is 1.58. The number of benzene rings is 1. The molecule has 0 bridgehead atoms. The number of fused-ring (bicyclic) bond motifs is 1. The molecule has 0 N–H and O–H groups in total. The van der Waals surface area contributed by atoms with Crippen LogP contribution in [-0.2, 0) is 4.79 Å². The number of thioether (sulfide) groups is 1. The summed E-state index contributed by atoms with van der Waals surface area (Å²) in [5.41, 5.74) is 3.43. The average molecular weight is 282 g/mol. The van der Waals surface area contributed by atoms with Crippen LogP contribution in [0.25, 0.3) is 11.1 Å². The van der Waals surface area contributed by atoms with Crippen LogP contribution in [0.2, 0.25) is 0 Å². The van der Waals surface area contributed by atoms with E-state index in [1.807, 2.05) is 19.2 Å². The zero-order valence-electron chi connectivity index (χ0n) is 11.3. The SMILES string of the molecule is CC(=O)/C=C1\Sc2ccc(-c3ccncc3)cc2N1C. The van der Waals surface area contributed by atoms with E-state index in [2.05, 4.69) is 28.1 Å². The van der Waals surface area contributed by atoms with Gasteiger partial charge in [0.1, 0.15) is 0 Å². The van der Waals surface area contributed by atoms with E-state index in [0.717, 1.165) is 21.8 Å². The first-order chi connectivity index (χ1) is 9.65. The van der Waals surface area contributed by atoms with Gasteiger partial charge in [0.05, 0.1) is 10.7 Å². The predicted octanol–water partition coefficient (Wildman–Crippen LogP) is 3.72. The van der Waals surface area contributed by atoms with E-state index in [9.17, 15) is 4.79 Å². The lowest BCUT2D eigenvalue weighted by molar-refractivity contribution is -0.112. The lowest BCUT2D eigenvalue weighted by Crippen LogP contribution is -2.10. The first-order valence-corrected chi connectivity index (χ1v) is 7.15. The molecular weight excluding hydrogens is 268 g/mol. The van der Waals surface area contributed by atoms with E-state index in [1.165, 1.54) is 4.90 Å². The van der Waals surface area contributed by atoms with Crippen LogP contribution in [0.5, 0.6) is 0 Å². The third-order valence-corrected chi connectivity index (χ3v) is 4.37. The Bertz CT molecular complexity index is 695. The smallest absolute Gasteiger partial charge is 0.155 e. The van der Waals surface area contributed by atoms with Crippen molar-refractivity contribution in [2.75, 3.05) is 11.9 Å². The number of nitrogens with zero attached hydrogens (tertiary/aromatic N) is 2. The summed E-state index contributed by atoms with van der Waals surface area (Å²) >= 11 is 1.63. The van der Waals surface area contributed by atoms with Crippen LogP contribution in [0.15, 0.2) is 58.7 Å². The van der Waals surface area contributed by atoms with Crippen molar-refractivity contribution in [3.63, 3.8) is 0 Å². The highest BCUT2D eigenvalue weighted by molar-refractivity contribution is 8.03. The molecule has 0 spiro atoms. The number of rotatable bonds is 2. The summed E-state index contributed by atoms with van der Waals surface area (Å²) in [5, 5.41) is 0.972. The highest BCUT2D eigenvalue weighted by atomic mass is 32.2. The van der Waals surface area contributed by atoms with Gasteiger partial charge < -0.3 is 4.90 Å². The van der Waals surface area contributed by atoms with Crippen LogP contribution in [0.3, 0.4) is 0 Å². The standard InChI is InChI=1S/C16H14N2OS/c1-11(19)9-16-18(2)14-10-13(3-4-15(14)20-16)12-5-7-17-8-6-12/h3-10H,1-2H3/b16-9-. The first kappa shape index (κ1) is 12.9. The Balaban J connectivity index is 2.01. The Morgan fingerprint density at radius 2 is 1.95 bits per heavy atom. The summed E-state index contributed by atoms with van der Waals surface area (Å²) in [4.78, 5) is 18.5. The average Bonchev–Trinajstić information content (AvgIpc) is 2.75. The largest absolute Gasteiger partial charge is 0.338 e. The molecule has 20 heavy (non-hydrogen) atoms. The van der Waals surface area contributed by atoms with Gasteiger partial charge in [-0.15, -0.1) is 0 Å². The maximum absolute atomic E-state index is 11.3. The minimum Gasteiger partial charge on any atom is -0.338 e. The molecule has 1 aliphatic heterocycles. The molecule has 1 aromatic carbocycles. The molecule has 2 heterocycles. The molecule has 0 amide bonds. The van der Waals surface area contributed by atoms with Gasteiger partial charge in [-0.05, 0) is 42.3 Å². The van der Waals surface area contributed by atoms with Crippen molar-refractivity contribution in [3.05, 3.63) is 53.8 Å². The monoisotopic (exact) mass is 282 g/mol. The Hall–Kier alpha value is -2.07. The number of carbonyl (C=O) groups is 1. The number of anilines is 1. The Labute approximate surface area is 122 Å². The molecule has 0 saturated carbocycles. The van der Waals surface area contributed by atoms with Crippen LogP contribution >= 0.6 is 11.8 Å². The van der Waals surface area contributed by atoms with Crippen molar-refractivity contribution >= 4 is 23.2 Å². The van der Waals surface area contributed by atoms with E-state index < -0.39 is 0 Å². The number of carbonyl (C=O) groups excluding carboxylic acids is 1. The van der Waals surface area contributed by atoms with Gasteiger partial charge in [-0.1, -0.05) is 17.8 Å². The number of hydrogen-bond donors (Lipinski definition) is 0. The zero-order chi connectivity index (χ0) is 14.1. The Kier molecular flexibility index (Phi) is 3.32. The van der Waals surface area contributed by atoms with Gasteiger partial charge in [0, 0.05) is 30.4 Å². The second kappa shape index (κ2) is 5.13. The molecule has 0 aliphatic carbocycles. The highest BCUT2D eigenvalue weighted by Crippen LogP contribution is 2.46. The normalized spacial score (nSPS) is 15.5. The number of pyridine rings is 1. The zero-order valence-corrected chi connectivity index (χ0v) is 12.1. The second-order valence-electron chi connectivity index (χ2n) is 4.67. The summed E-state index contributed by atoms with van der Waals surface area (Å²) < 4.78 is 0. The summed E-state index contributed by atoms with van der Waals surface area (Å²) in [6.07, 6.45) is 5.26. The molecule has 0 saturated heterocycles. The molecule has 0 unspecified atom stereocenters. The number of hydrogen-bond acceptors (Lipinski definition) is 4. The van der Waals surface area contributed by atoms with Gasteiger partial charge in [0.2, 0.25) is 0 Å². The molecule has 0 radical (unpaired) electrons. The lowest BCUT2D eigenvalue weighted by Gasteiger charge is -2.14. The molecule has 4 heteroatoms. The Morgan fingerprint density at radius 1 is 1.20 bits per heavy atom. The minimum absolute atomic E-state index is 0.0708. The highest BCUT2D eigenvalue weighted by Gasteiger charge is 2.22. The van der Waals surface area contributed by atoms with Gasteiger partial charge in [0.25, 0.3) is 0 Å². The van der Waals surface area contributed by atoms with Crippen LogP contribution in [0.1, 0.15) is 6.92 Å². The summed E-state index contributed by atoms with van der Waals surface area (Å²) in [7, 11) is 1.99. The predicted molar refractivity (Wildman–Crippen MR) is 82.7 cm³/mol. The quantitative estimate of drug-likeness (QED) is 0.786. The van der Waals surface area contributed by atoms with Crippen LogP contribution in [-0.4, -0.2) is 17.8 Å². The fourth-order valence-electron chi connectivity index (χ4n) is 2.19. The number of ketones is 1. The maximum atomic E-state index is 11.3. The third kappa shape index (κ3) is 2.34. The van der Waals surface area contributed by atoms with Gasteiger partial charge >= 0.3 is 0 Å². The topological polar surface area (TPSA) is 33.2 Å². The van der Waals surface area contributed by atoms with Gasteiger partial charge in [-0.2, -0.15) is 0 Å². The van der Waals surface area contributed by atoms with Crippen molar-refractivity contribution in [2.45, 2.75) is 11.8 Å². The molecule has 2 aromatic rings. The number of allylic oxidation sites excluding steroid dienone is 1. The van der Waals surface area contributed by atoms with Crippen molar-refractivity contribution in [2.24, 2.45) is 0 Å². The van der Waals surface area contributed by atoms with E-state index in [-0.39, 0.29) is 5.78 Å². The van der Waals surface area contributed by atoms with Crippen LogP contribution < -0.4 is 4.90 Å². The third-order valence-electron chi connectivity index (χ3n) is 3.21. The molecule has 100 valence electrons. The van der Waals surface area contributed by atoms with Gasteiger partial charge in [-0.25, -0.2) is 0 Å². The van der Waals surface area contributed by atoms with Gasteiger partial charge in [0.15, 0.2) is 5.78 Å². The van der Waals surface area contributed by atoms with Gasteiger partial charge in [-0.3, -0.25) is 9.78 Å². The van der Waals surface area contributed by atoms with Crippen molar-refractivity contribution in [1.82, 2.24) is 4.98 Å². The van der Waals surface area contributed by atoms with E-state index in [4.69, 9.17) is 0 Å². The lowest BCUT2D eigenvalue weighted by atomic mass is 10.1. The van der Waals surface area contributed by atoms with E-state index in [0.29, 0.717) is 0 Å². The molecular formula is C16H14N2OS. The first-order valence-electron chi connectivity index (χ1n) is 6.33. The molecule has 1 aromatic heterocycles. The van der Waals surface area contributed by atoms with Crippen LogP contribution in [0, 0.1) is 0 Å². The fourth-order valence-corrected chi connectivity index (χ4v) is 3.31. The number of aromatic nitrogens is 1. The molecule has 0 fully saturated rings. The van der Waals surface area contributed by atoms with Crippen molar-refractivity contribution in [1.29, 1.82) is 0 Å². The van der Waals surface area contributed by atoms with E-state index in [1.54, 1.807) is 37.2 Å². The van der Waals surface area contributed by atoms with E-state index >= 15 is 0 Å². The van der Waals surface area contributed by atoms with Crippen molar-refractivity contribution in [3.8, 4) is 11.1 Å². The summed E-state index contributed by atoms with van der Waals surface area (Å²) in [5.74, 6) is 0.0708. The summed E-state index contributed by atoms with van der Waals surface area (Å²) in [6, 6.07) is 10.4. The molecule has 0 atom stereocenters. The minimum atomic E-state index is 0.0708. The molecule has 3 rings (SSSR count). The maximum Gasteiger partial charge on any atom is 0.155 e. The van der Waals surface area contributed by atoms with Crippen molar-refractivity contribution < 1.29 is 4.79 Å². The second-order valence-corrected chi connectivity index (χ2v) is 5.73. The fraction of sp³-hybridized carbons (Fsp3) is 0.125. The van der Waals surface area contributed by atoms with Crippen LogP contribution in [0.4, 0.5) is 5.69 Å². The molecule has 1 aliphatic rings.